The number of aliphatic hydroxyl groups excluding tert-OH is 2. The van der Waals surface area contributed by atoms with Gasteiger partial charge in [0.1, 0.15) is 23.2 Å². The molecule has 0 aliphatic heterocycles. The van der Waals surface area contributed by atoms with Gasteiger partial charge in [0.15, 0.2) is 0 Å². The molecule has 3 heterocycles. The molecule has 33 heavy (non-hydrogen) atoms. The molecule has 1 spiro atoms. The molecular formula is C25H22BrClN4O2. The molecule has 168 valence electrons. The summed E-state index contributed by atoms with van der Waals surface area (Å²) in [7, 11) is 0. The lowest BCUT2D eigenvalue weighted by atomic mass is 9.80. The number of halogens is 2. The van der Waals surface area contributed by atoms with Gasteiger partial charge in [-0.25, -0.2) is 15.0 Å². The van der Waals surface area contributed by atoms with Crippen LogP contribution in [0.15, 0.2) is 59.5 Å². The highest BCUT2D eigenvalue weighted by molar-refractivity contribution is 9.10. The lowest BCUT2D eigenvalue weighted by Crippen LogP contribution is -2.34. The number of pyridine rings is 1. The van der Waals surface area contributed by atoms with Crippen LogP contribution in [-0.2, 0) is 0 Å². The van der Waals surface area contributed by atoms with E-state index in [-0.39, 0.29) is 12.0 Å². The minimum atomic E-state index is -0.881. The van der Waals surface area contributed by atoms with Crippen molar-refractivity contribution >= 4 is 49.5 Å². The fraction of sp³-hybridized carbons (Fsp3) is 0.320. The molecule has 3 aromatic heterocycles. The normalized spacial score (nSPS) is 29.1. The Balaban J connectivity index is 1.31. The smallest absolute Gasteiger partial charge is 0.143 e. The molecule has 1 saturated carbocycles. The van der Waals surface area contributed by atoms with Gasteiger partial charge in [-0.1, -0.05) is 35.9 Å². The first-order chi connectivity index (χ1) is 15.9. The molecule has 0 saturated heterocycles. The minimum absolute atomic E-state index is 0.130. The molecule has 0 bridgehead atoms. The van der Waals surface area contributed by atoms with Gasteiger partial charge in [-0.2, -0.15) is 0 Å². The van der Waals surface area contributed by atoms with Gasteiger partial charge in [0.25, 0.3) is 0 Å². The zero-order chi connectivity index (χ0) is 22.9. The predicted molar refractivity (Wildman–Crippen MR) is 131 cm³/mol. The van der Waals surface area contributed by atoms with Gasteiger partial charge in [0.05, 0.1) is 27.8 Å². The standard InChI is InChI=1S/C25H22BrClN4O2/c1-13-17-5-7-31(24(17)29-12-28-13)20-11-25(22(33)21(20)32)6-4-16(10-25)14-2-3-15-8-18(26)23(27)30-19(15)9-14/h2-9,12,16,20-22,32-33H,10-11H2,1H3. The second-order valence-corrected chi connectivity index (χ2v) is 10.5. The third-order valence-electron chi connectivity index (χ3n) is 7.40. The Kier molecular flexibility index (Phi) is 4.89. The van der Waals surface area contributed by atoms with Gasteiger partial charge in [-0.3, -0.25) is 0 Å². The van der Waals surface area contributed by atoms with Crippen LogP contribution in [0.4, 0.5) is 0 Å². The van der Waals surface area contributed by atoms with Crippen LogP contribution in [0.3, 0.4) is 0 Å². The Bertz CT molecular complexity index is 1440. The number of aliphatic hydroxyl groups is 2. The van der Waals surface area contributed by atoms with Crippen LogP contribution in [0.5, 0.6) is 0 Å². The quantitative estimate of drug-likeness (QED) is 0.281. The molecule has 1 fully saturated rings. The van der Waals surface area contributed by atoms with Gasteiger partial charge in [-0.05, 0) is 59.5 Å². The van der Waals surface area contributed by atoms with E-state index in [1.165, 1.54) is 0 Å². The van der Waals surface area contributed by atoms with Crippen molar-refractivity contribution in [1.82, 2.24) is 19.5 Å². The van der Waals surface area contributed by atoms with Crippen LogP contribution in [0.25, 0.3) is 21.9 Å². The van der Waals surface area contributed by atoms with E-state index in [1.807, 2.05) is 35.9 Å². The Labute approximate surface area is 204 Å². The van der Waals surface area contributed by atoms with Gasteiger partial charge in [0.2, 0.25) is 0 Å². The number of aryl methyl sites for hydroxylation is 1. The van der Waals surface area contributed by atoms with Crippen LogP contribution in [0.1, 0.15) is 36.1 Å². The van der Waals surface area contributed by atoms with Crippen molar-refractivity contribution in [1.29, 1.82) is 0 Å². The average molecular weight is 526 g/mol. The molecule has 6 rings (SSSR count). The first-order valence-corrected chi connectivity index (χ1v) is 12.1. The maximum absolute atomic E-state index is 11.2. The second-order valence-electron chi connectivity index (χ2n) is 9.24. The maximum atomic E-state index is 11.2. The SMILES string of the molecule is Cc1ncnc2c1ccn2C1CC2(C=CC(c3ccc4cc(Br)c(Cl)nc4c3)C2)C(O)C1O. The number of nitrogens with zero attached hydrogens (tertiary/aromatic N) is 4. The Morgan fingerprint density at radius 3 is 2.85 bits per heavy atom. The van der Waals surface area contributed by atoms with E-state index in [0.717, 1.165) is 44.1 Å². The van der Waals surface area contributed by atoms with Crippen LogP contribution in [0.2, 0.25) is 5.15 Å². The average Bonchev–Trinajstić information content (AvgIpc) is 3.48. The summed E-state index contributed by atoms with van der Waals surface area (Å²) in [6.07, 6.45) is 7.38. The molecule has 2 aliphatic rings. The number of aromatic nitrogens is 4. The molecular weight excluding hydrogens is 504 g/mol. The van der Waals surface area contributed by atoms with E-state index in [9.17, 15) is 10.2 Å². The minimum Gasteiger partial charge on any atom is -0.389 e. The maximum Gasteiger partial charge on any atom is 0.143 e. The summed E-state index contributed by atoms with van der Waals surface area (Å²) in [6, 6.07) is 9.91. The molecule has 6 nitrogen and oxygen atoms in total. The highest BCUT2D eigenvalue weighted by Crippen LogP contribution is 2.55. The summed E-state index contributed by atoms with van der Waals surface area (Å²) >= 11 is 9.63. The van der Waals surface area contributed by atoms with Gasteiger partial charge in [0, 0.05) is 28.3 Å². The number of hydrogen-bond donors (Lipinski definition) is 2. The first-order valence-electron chi connectivity index (χ1n) is 11.0. The monoisotopic (exact) mass is 524 g/mol. The predicted octanol–water partition coefficient (Wildman–Crippen LogP) is 5.10. The molecule has 0 radical (unpaired) electrons. The van der Waals surface area contributed by atoms with E-state index >= 15 is 0 Å². The van der Waals surface area contributed by atoms with Crippen molar-refractivity contribution in [2.24, 2.45) is 5.41 Å². The lowest BCUT2D eigenvalue weighted by molar-refractivity contribution is -0.0129. The van der Waals surface area contributed by atoms with Crippen molar-refractivity contribution in [2.75, 3.05) is 0 Å². The fourth-order valence-corrected chi connectivity index (χ4v) is 6.11. The molecule has 0 amide bonds. The highest BCUT2D eigenvalue weighted by Gasteiger charge is 2.54. The van der Waals surface area contributed by atoms with Crippen molar-refractivity contribution in [3.63, 3.8) is 0 Å². The third kappa shape index (κ3) is 3.25. The number of hydrogen-bond acceptors (Lipinski definition) is 5. The number of benzene rings is 1. The number of rotatable bonds is 2. The Hall–Kier alpha value is -2.32. The second kappa shape index (κ2) is 7.60. The summed E-state index contributed by atoms with van der Waals surface area (Å²) in [6.45, 7) is 1.95. The largest absolute Gasteiger partial charge is 0.389 e. The van der Waals surface area contributed by atoms with E-state index < -0.39 is 17.6 Å². The summed E-state index contributed by atoms with van der Waals surface area (Å²) in [5.74, 6) is 0.130. The molecule has 5 unspecified atom stereocenters. The van der Waals surface area contributed by atoms with Gasteiger partial charge < -0.3 is 14.8 Å². The van der Waals surface area contributed by atoms with Crippen LogP contribution >= 0.6 is 27.5 Å². The van der Waals surface area contributed by atoms with Crippen molar-refractivity contribution in [2.45, 2.75) is 43.9 Å². The number of fused-ring (bicyclic) bond motifs is 2. The van der Waals surface area contributed by atoms with E-state index in [0.29, 0.717) is 11.6 Å². The molecule has 2 N–H and O–H groups in total. The van der Waals surface area contributed by atoms with Crippen molar-refractivity contribution in [3.05, 3.63) is 75.9 Å². The van der Waals surface area contributed by atoms with E-state index in [1.54, 1.807) is 6.33 Å². The Morgan fingerprint density at radius 2 is 2.00 bits per heavy atom. The summed E-state index contributed by atoms with van der Waals surface area (Å²) in [4.78, 5) is 13.2. The topological polar surface area (TPSA) is 84.1 Å². The van der Waals surface area contributed by atoms with Crippen LogP contribution < -0.4 is 0 Å². The van der Waals surface area contributed by atoms with Crippen LogP contribution in [-0.4, -0.2) is 41.9 Å². The number of allylic oxidation sites excluding steroid dienone is 1. The molecule has 2 aliphatic carbocycles. The fourth-order valence-electron chi connectivity index (χ4n) is 5.63. The third-order valence-corrected chi connectivity index (χ3v) is 8.52. The van der Waals surface area contributed by atoms with E-state index in [2.05, 4.69) is 55.2 Å². The van der Waals surface area contributed by atoms with Crippen molar-refractivity contribution in [3.8, 4) is 0 Å². The van der Waals surface area contributed by atoms with Gasteiger partial charge in [-0.15, -0.1) is 0 Å². The molecule has 1 aromatic carbocycles. The van der Waals surface area contributed by atoms with Gasteiger partial charge >= 0.3 is 0 Å². The zero-order valence-electron chi connectivity index (χ0n) is 17.9. The Morgan fingerprint density at radius 1 is 1.15 bits per heavy atom. The van der Waals surface area contributed by atoms with Crippen LogP contribution in [0, 0.1) is 12.3 Å². The summed E-state index contributed by atoms with van der Waals surface area (Å²) in [5.41, 5.74) is 3.17. The first kappa shape index (κ1) is 21.2. The molecule has 8 heteroatoms. The van der Waals surface area contributed by atoms with E-state index in [4.69, 9.17) is 11.6 Å². The highest BCUT2D eigenvalue weighted by atomic mass is 79.9. The zero-order valence-corrected chi connectivity index (χ0v) is 20.2. The van der Waals surface area contributed by atoms with Crippen molar-refractivity contribution < 1.29 is 10.2 Å². The summed E-state index contributed by atoms with van der Waals surface area (Å²) < 4.78 is 2.77. The lowest BCUT2D eigenvalue weighted by Gasteiger charge is -2.27. The molecule has 5 atom stereocenters. The summed E-state index contributed by atoms with van der Waals surface area (Å²) in [5, 5.41) is 24.6. The molecule has 4 aromatic rings.